The monoisotopic (exact) mass is 382 g/mol. The minimum Gasteiger partial charge on any atom is -0.376 e. The first-order valence-electron chi connectivity index (χ1n) is 9.51. The van der Waals surface area contributed by atoms with E-state index < -0.39 is 0 Å². The van der Waals surface area contributed by atoms with Gasteiger partial charge in [-0.05, 0) is 32.7 Å². The van der Waals surface area contributed by atoms with E-state index in [-0.39, 0.29) is 24.0 Å². The maximum Gasteiger partial charge on any atom is 0.225 e. The van der Waals surface area contributed by atoms with Crippen molar-refractivity contribution in [2.24, 2.45) is 5.92 Å². The van der Waals surface area contributed by atoms with Gasteiger partial charge in [0.1, 0.15) is 0 Å². The smallest absolute Gasteiger partial charge is 0.225 e. The third kappa shape index (κ3) is 4.83. The van der Waals surface area contributed by atoms with Gasteiger partial charge in [0.05, 0.1) is 12.1 Å². The summed E-state index contributed by atoms with van der Waals surface area (Å²) in [5.74, 6) is 0.332. The van der Waals surface area contributed by atoms with E-state index in [0.29, 0.717) is 10.3 Å². The van der Waals surface area contributed by atoms with E-state index in [1.165, 1.54) is 11.3 Å². The quantitative estimate of drug-likeness (QED) is 0.765. The second-order valence-corrected chi connectivity index (χ2v) is 8.25. The highest BCUT2D eigenvalue weighted by Gasteiger charge is 2.37. The second kappa shape index (κ2) is 8.96. The molecule has 2 fully saturated rings. The van der Waals surface area contributed by atoms with Crippen molar-refractivity contribution in [1.29, 1.82) is 0 Å². The van der Waals surface area contributed by atoms with E-state index in [9.17, 15) is 4.79 Å². The first kappa shape index (κ1) is 19.3. The molecule has 1 amide bonds. The summed E-state index contributed by atoms with van der Waals surface area (Å²) >= 11 is 1.33. The molecule has 3 N–H and O–H groups in total. The molecule has 1 aromatic rings. The Balaban J connectivity index is 1.63. The number of piperazine rings is 1. The average molecular weight is 383 g/mol. The molecule has 1 aliphatic heterocycles. The Morgan fingerprint density at radius 1 is 1.31 bits per heavy atom. The summed E-state index contributed by atoms with van der Waals surface area (Å²) in [4.78, 5) is 17.3. The van der Waals surface area contributed by atoms with E-state index in [2.05, 4.69) is 34.4 Å². The molecule has 26 heavy (non-hydrogen) atoms. The first-order chi connectivity index (χ1) is 12.6. The van der Waals surface area contributed by atoms with Crippen LogP contribution in [0.3, 0.4) is 0 Å². The summed E-state index contributed by atoms with van der Waals surface area (Å²) in [5, 5.41) is 12.5. The molecule has 3 atom stereocenters. The zero-order valence-electron chi connectivity index (χ0n) is 15.7. The number of nitrogens with one attached hydrogen (secondary N) is 1. The number of carbonyl (C=O) groups is 1. The highest BCUT2D eigenvalue weighted by molar-refractivity contribution is 7.18. The fourth-order valence-corrected chi connectivity index (χ4v) is 4.30. The van der Waals surface area contributed by atoms with Gasteiger partial charge < -0.3 is 25.6 Å². The molecular weight excluding hydrogens is 352 g/mol. The molecule has 1 aromatic heterocycles. The van der Waals surface area contributed by atoms with E-state index >= 15 is 0 Å². The first-order valence-corrected chi connectivity index (χ1v) is 10.3. The summed E-state index contributed by atoms with van der Waals surface area (Å²) in [6.07, 6.45) is 3.61. The molecule has 2 aliphatic rings. The van der Waals surface area contributed by atoms with Crippen LogP contribution in [0, 0.1) is 5.92 Å². The zero-order valence-corrected chi connectivity index (χ0v) is 16.5. The second-order valence-electron chi connectivity index (χ2n) is 7.24. The third-order valence-electron chi connectivity index (χ3n) is 5.24. The number of anilines is 2. The number of amides is 1. The number of likely N-dealkylation sites (N-methyl/N-ethyl adjacent to an activating group) is 1. The lowest BCUT2D eigenvalue weighted by atomic mass is 9.82. The van der Waals surface area contributed by atoms with Crippen LogP contribution in [-0.2, 0) is 9.53 Å². The Morgan fingerprint density at radius 3 is 2.73 bits per heavy atom. The van der Waals surface area contributed by atoms with Crippen LogP contribution in [0.25, 0.3) is 0 Å². The molecule has 0 aromatic carbocycles. The SMILES string of the molecule is CCCO[C@@H]1CC[C@H](C(=O)N2CCN(C)CC2)C[C@H]1Nc1nnc(N)s1. The number of carbonyl (C=O) groups excluding carboxylic acids is 1. The predicted molar refractivity (Wildman–Crippen MR) is 103 cm³/mol. The topological polar surface area (TPSA) is 96.6 Å². The van der Waals surface area contributed by atoms with E-state index in [4.69, 9.17) is 10.5 Å². The van der Waals surface area contributed by atoms with Gasteiger partial charge in [0.15, 0.2) is 0 Å². The summed E-state index contributed by atoms with van der Waals surface area (Å²) < 4.78 is 6.04. The van der Waals surface area contributed by atoms with Crippen LogP contribution < -0.4 is 11.1 Å². The van der Waals surface area contributed by atoms with Gasteiger partial charge in [0.2, 0.25) is 16.2 Å². The third-order valence-corrected chi connectivity index (χ3v) is 5.92. The van der Waals surface area contributed by atoms with E-state index in [0.717, 1.165) is 58.5 Å². The lowest BCUT2D eigenvalue weighted by Gasteiger charge is -2.39. The Morgan fingerprint density at radius 2 is 2.08 bits per heavy atom. The minimum absolute atomic E-state index is 0.0441. The molecule has 0 spiro atoms. The van der Waals surface area contributed by atoms with Crippen LogP contribution in [0.5, 0.6) is 0 Å². The number of ether oxygens (including phenoxy) is 1. The Hall–Kier alpha value is -1.45. The highest BCUT2D eigenvalue weighted by atomic mass is 32.1. The van der Waals surface area contributed by atoms with Crippen LogP contribution in [0.2, 0.25) is 0 Å². The van der Waals surface area contributed by atoms with Crippen molar-refractivity contribution in [3.63, 3.8) is 0 Å². The molecule has 3 rings (SSSR count). The molecule has 0 unspecified atom stereocenters. The molecule has 2 heterocycles. The molecule has 0 bridgehead atoms. The fourth-order valence-electron chi connectivity index (χ4n) is 3.72. The van der Waals surface area contributed by atoms with Crippen LogP contribution in [0.15, 0.2) is 0 Å². The van der Waals surface area contributed by atoms with Gasteiger partial charge in [0, 0.05) is 38.7 Å². The predicted octanol–water partition coefficient (Wildman–Crippen LogP) is 1.27. The van der Waals surface area contributed by atoms with Crippen molar-refractivity contribution in [2.45, 2.75) is 44.8 Å². The molecule has 1 saturated carbocycles. The zero-order chi connectivity index (χ0) is 18.5. The molecule has 146 valence electrons. The molecule has 9 heteroatoms. The van der Waals surface area contributed by atoms with Crippen molar-refractivity contribution in [2.75, 3.05) is 50.9 Å². The molecule has 0 radical (unpaired) electrons. The summed E-state index contributed by atoms with van der Waals surface area (Å²) in [6.45, 7) is 6.40. The Bertz CT molecular complexity index is 590. The standard InChI is InChI=1S/C17H30N6O2S/c1-3-10-25-14-5-4-12(15(24)23-8-6-22(2)7-9-23)11-13(14)19-17-21-20-16(18)26-17/h12-14H,3-11H2,1-2H3,(H2,18,20)(H,19,21)/t12-,13+,14+/m0/s1. The van der Waals surface area contributed by atoms with Crippen LogP contribution in [0.1, 0.15) is 32.6 Å². The number of nitrogens with zero attached hydrogens (tertiary/aromatic N) is 4. The largest absolute Gasteiger partial charge is 0.376 e. The Kier molecular flexibility index (Phi) is 6.66. The average Bonchev–Trinajstić information content (AvgIpc) is 3.05. The Labute approximate surface area is 159 Å². The van der Waals surface area contributed by atoms with Crippen molar-refractivity contribution >= 4 is 27.5 Å². The normalized spacial score (nSPS) is 27.5. The lowest BCUT2D eigenvalue weighted by molar-refractivity contribution is -0.139. The minimum atomic E-state index is 0.0441. The van der Waals surface area contributed by atoms with Crippen LogP contribution in [-0.4, -0.2) is 77.9 Å². The number of hydrogen-bond donors (Lipinski definition) is 2. The van der Waals surface area contributed by atoms with Crippen LogP contribution in [0.4, 0.5) is 10.3 Å². The fraction of sp³-hybridized carbons (Fsp3) is 0.824. The summed E-state index contributed by atoms with van der Waals surface area (Å²) in [7, 11) is 2.10. The highest BCUT2D eigenvalue weighted by Crippen LogP contribution is 2.31. The van der Waals surface area contributed by atoms with Crippen molar-refractivity contribution in [1.82, 2.24) is 20.0 Å². The van der Waals surface area contributed by atoms with Crippen molar-refractivity contribution in [3.8, 4) is 0 Å². The van der Waals surface area contributed by atoms with Gasteiger partial charge in [0.25, 0.3) is 0 Å². The van der Waals surface area contributed by atoms with Crippen molar-refractivity contribution in [3.05, 3.63) is 0 Å². The van der Waals surface area contributed by atoms with Gasteiger partial charge in [-0.2, -0.15) is 0 Å². The number of hydrogen-bond acceptors (Lipinski definition) is 8. The molecule has 1 aliphatic carbocycles. The van der Waals surface area contributed by atoms with Gasteiger partial charge in [-0.15, -0.1) is 10.2 Å². The maximum absolute atomic E-state index is 13.0. The summed E-state index contributed by atoms with van der Waals surface area (Å²) in [6, 6.07) is 0.0593. The van der Waals surface area contributed by atoms with E-state index in [1.54, 1.807) is 0 Å². The lowest BCUT2D eigenvalue weighted by Crippen LogP contribution is -2.51. The molecule has 8 nitrogen and oxygen atoms in total. The van der Waals surface area contributed by atoms with Gasteiger partial charge in [-0.3, -0.25) is 4.79 Å². The van der Waals surface area contributed by atoms with Gasteiger partial charge >= 0.3 is 0 Å². The van der Waals surface area contributed by atoms with Crippen LogP contribution >= 0.6 is 11.3 Å². The van der Waals surface area contributed by atoms with Gasteiger partial charge in [-0.25, -0.2) is 0 Å². The van der Waals surface area contributed by atoms with Crippen molar-refractivity contribution < 1.29 is 9.53 Å². The number of aromatic nitrogens is 2. The van der Waals surface area contributed by atoms with E-state index in [1.807, 2.05) is 4.90 Å². The van der Waals surface area contributed by atoms with Gasteiger partial charge in [-0.1, -0.05) is 18.3 Å². The summed E-state index contributed by atoms with van der Waals surface area (Å²) in [5.41, 5.74) is 5.69. The maximum atomic E-state index is 13.0. The number of nitrogen functional groups attached to an aromatic ring is 1. The number of nitrogens with two attached hydrogens (primary N) is 1. The number of rotatable bonds is 6. The molecular formula is C17H30N6O2S. The molecule has 1 saturated heterocycles.